The van der Waals surface area contributed by atoms with Crippen molar-refractivity contribution in [3.05, 3.63) is 29.1 Å². The number of nitrogens with two attached hydrogens (primary N) is 1. The average Bonchev–Trinajstić information content (AvgIpc) is 2.25. The summed E-state index contributed by atoms with van der Waals surface area (Å²) in [5, 5.41) is 0. The number of sulfonamides is 1. The molecule has 1 atom stereocenters. The van der Waals surface area contributed by atoms with Gasteiger partial charge in [-0.3, -0.25) is 0 Å². The van der Waals surface area contributed by atoms with Crippen molar-refractivity contribution in [3.63, 3.8) is 0 Å². The smallest absolute Gasteiger partial charge is 0.241 e. The summed E-state index contributed by atoms with van der Waals surface area (Å²) in [6, 6.07) is 2.37. The van der Waals surface area contributed by atoms with Gasteiger partial charge < -0.3 is 5.73 Å². The van der Waals surface area contributed by atoms with Crippen molar-refractivity contribution in [1.82, 2.24) is 4.72 Å². The maximum absolute atomic E-state index is 13.3. The second kappa shape index (κ2) is 5.75. The van der Waals surface area contributed by atoms with Crippen molar-refractivity contribution >= 4 is 27.2 Å². The molecule has 1 aromatic carbocycles. The van der Waals surface area contributed by atoms with Crippen molar-refractivity contribution in [3.8, 4) is 0 Å². The summed E-state index contributed by atoms with van der Waals surface area (Å²) in [5.41, 5.74) is 5.29. The topological polar surface area (TPSA) is 72.2 Å². The molecule has 1 rings (SSSR count). The van der Waals surface area contributed by atoms with Crippen LogP contribution in [0.25, 0.3) is 0 Å². The predicted molar refractivity (Wildman–Crippen MR) is 81.7 cm³/mol. The number of thiocarbonyl (C=S) groups is 1. The van der Waals surface area contributed by atoms with Crippen LogP contribution in [0.5, 0.6) is 0 Å². The summed E-state index contributed by atoms with van der Waals surface area (Å²) in [7, 11) is -3.84. The number of nitrogens with one attached hydrogen (secondary N) is 1. The van der Waals surface area contributed by atoms with Crippen LogP contribution >= 0.6 is 12.2 Å². The van der Waals surface area contributed by atoms with Crippen LogP contribution in [0, 0.1) is 19.7 Å². The average molecular weight is 318 g/mol. The van der Waals surface area contributed by atoms with Gasteiger partial charge >= 0.3 is 0 Å². The summed E-state index contributed by atoms with van der Waals surface area (Å²) in [6.07, 6.45) is 0.418. The number of halogens is 1. The highest BCUT2D eigenvalue weighted by Gasteiger charge is 2.33. The molecular weight excluding hydrogens is 299 g/mol. The lowest BCUT2D eigenvalue weighted by molar-refractivity contribution is 0.510. The molecule has 3 N–H and O–H groups in total. The standard InChI is InChI=1S/C13H19FN2O2S2/c1-5-13(4,12(15)19)16-20(17,18)11-8(2)6-10(14)7-9(11)3/h6-7,16H,5H2,1-4H3,(H2,15,19). The second-order valence-electron chi connectivity index (χ2n) is 5.02. The number of hydrogen-bond acceptors (Lipinski definition) is 3. The zero-order valence-corrected chi connectivity index (χ0v) is 13.6. The Morgan fingerprint density at radius 2 is 1.85 bits per heavy atom. The minimum atomic E-state index is -3.84. The quantitative estimate of drug-likeness (QED) is 0.816. The third-order valence-electron chi connectivity index (χ3n) is 3.30. The van der Waals surface area contributed by atoms with E-state index < -0.39 is 21.4 Å². The molecule has 1 aromatic rings. The Balaban J connectivity index is 3.36. The van der Waals surface area contributed by atoms with E-state index in [1.54, 1.807) is 27.7 Å². The van der Waals surface area contributed by atoms with Crippen LogP contribution in [0.1, 0.15) is 31.4 Å². The first kappa shape index (κ1) is 17.0. The molecule has 0 heterocycles. The molecule has 0 spiro atoms. The summed E-state index contributed by atoms with van der Waals surface area (Å²) in [5.74, 6) is -0.466. The van der Waals surface area contributed by atoms with E-state index in [0.717, 1.165) is 0 Å². The molecule has 20 heavy (non-hydrogen) atoms. The molecule has 0 aliphatic carbocycles. The maximum Gasteiger partial charge on any atom is 0.241 e. The zero-order valence-electron chi connectivity index (χ0n) is 12.0. The first-order valence-corrected chi connectivity index (χ1v) is 8.03. The van der Waals surface area contributed by atoms with Gasteiger partial charge in [0.1, 0.15) is 5.82 Å². The maximum atomic E-state index is 13.3. The van der Waals surface area contributed by atoms with Gasteiger partial charge in [-0.2, -0.15) is 4.72 Å². The Morgan fingerprint density at radius 1 is 1.40 bits per heavy atom. The Hall–Kier alpha value is -1.05. The fraction of sp³-hybridized carbons (Fsp3) is 0.462. The Labute approximate surface area is 124 Å². The lowest BCUT2D eigenvalue weighted by Gasteiger charge is -2.28. The monoisotopic (exact) mass is 318 g/mol. The number of hydrogen-bond donors (Lipinski definition) is 2. The fourth-order valence-corrected chi connectivity index (χ4v) is 4.14. The van der Waals surface area contributed by atoms with Gasteiger partial charge in [-0.05, 0) is 50.5 Å². The third kappa shape index (κ3) is 3.34. The van der Waals surface area contributed by atoms with E-state index in [1.807, 2.05) is 0 Å². The Kier molecular flexibility index (Phi) is 4.89. The minimum Gasteiger partial charge on any atom is -0.392 e. The first-order valence-electron chi connectivity index (χ1n) is 6.14. The first-order chi connectivity index (χ1) is 9.03. The van der Waals surface area contributed by atoms with Gasteiger partial charge in [0, 0.05) is 0 Å². The Bertz CT molecular complexity index is 621. The van der Waals surface area contributed by atoms with Crippen LogP contribution in [-0.4, -0.2) is 18.9 Å². The number of aryl methyl sites for hydroxylation is 2. The van der Waals surface area contributed by atoms with Gasteiger partial charge in [0.15, 0.2) is 0 Å². The minimum absolute atomic E-state index is 0.0647. The molecule has 4 nitrogen and oxygen atoms in total. The molecule has 0 amide bonds. The van der Waals surface area contributed by atoms with Crippen molar-refractivity contribution in [2.75, 3.05) is 0 Å². The number of rotatable bonds is 5. The molecule has 0 fully saturated rings. The molecule has 0 aromatic heterocycles. The lowest BCUT2D eigenvalue weighted by Crippen LogP contribution is -2.54. The highest BCUT2D eigenvalue weighted by Crippen LogP contribution is 2.23. The predicted octanol–water partition coefficient (Wildman–Crippen LogP) is 2.18. The van der Waals surface area contributed by atoms with E-state index in [9.17, 15) is 12.8 Å². The van der Waals surface area contributed by atoms with Gasteiger partial charge in [0.25, 0.3) is 0 Å². The van der Waals surface area contributed by atoms with Crippen LogP contribution < -0.4 is 10.5 Å². The normalized spacial score (nSPS) is 14.8. The highest BCUT2D eigenvalue weighted by molar-refractivity contribution is 7.89. The van der Waals surface area contributed by atoms with Crippen molar-refractivity contribution in [2.45, 2.75) is 44.6 Å². The van der Waals surface area contributed by atoms with E-state index in [2.05, 4.69) is 4.72 Å². The highest BCUT2D eigenvalue weighted by atomic mass is 32.2. The van der Waals surface area contributed by atoms with Crippen LogP contribution in [0.3, 0.4) is 0 Å². The summed E-state index contributed by atoms with van der Waals surface area (Å²) in [6.45, 7) is 6.51. The molecule has 0 aliphatic rings. The van der Waals surface area contributed by atoms with E-state index in [4.69, 9.17) is 18.0 Å². The van der Waals surface area contributed by atoms with Crippen LogP contribution in [0.2, 0.25) is 0 Å². The van der Waals surface area contributed by atoms with Gasteiger partial charge in [0.05, 0.1) is 15.4 Å². The summed E-state index contributed by atoms with van der Waals surface area (Å²) in [4.78, 5) is 0.135. The van der Waals surface area contributed by atoms with Crippen LogP contribution in [0.4, 0.5) is 4.39 Å². The van der Waals surface area contributed by atoms with Crippen LogP contribution in [-0.2, 0) is 10.0 Å². The molecule has 0 saturated carbocycles. The largest absolute Gasteiger partial charge is 0.392 e. The van der Waals surface area contributed by atoms with Gasteiger partial charge in [0.2, 0.25) is 10.0 Å². The summed E-state index contributed by atoms with van der Waals surface area (Å²) < 4.78 is 40.8. The fourth-order valence-electron chi connectivity index (χ4n) is 1.97. The SMILES string of the molecule is CCC(C)(NS(=O)(=O)c1c(C)cc(F)cc1C)C(N)=S. The Morgan fingerprint density at radius 3 is 2.20 bits per heavy atom. The van der Waals surface area contributed by atoms with Gasteiger partial charge in [-0.15, -0.1) is 0 Å². The lowest BCUT2D eigenvalue weighted by atomic mass is 10.0. The number of benzene rings is 1. The van der Waals surface area contributed by atoms with E-state index >= 15 is 0 Å². The van der Waals surface area contributed by atoms with Crippen molar-refractivity contribution in [2.24, 2.45) is 5.73 Å². The zero-order chi connectivity index (χ0) is 15.7. The van der Waals surface area contributed by atoms with E-state index in [-0.39, 0.29) is 9.88 Å². The molecule has 1 unspecified atom stereocenters. The molecule has 0 saturated heterocycles. The summed E-state index contributed by atoms with van der Waals surface area (Å²) >= 11 is 4.92. The second-order valence-corrected chi connectivity index (χ2v) is 7.08. The molecule has 7 heteroatoms. The molecule has 0 radical (unpaired) electrons. The molecular formula is C13H19FN2O2S2. The van der Waals surface area contributed by atoms with E-state index in [1.165, 1.54) is 12.1 Å². The third-order valence-corrected chi connectivity index (χ3v) is 5.66. The molecule has 112 valence electrons. The van der Waals surface area contributed by atoms with Crippen LogP contribution in [0.15, 0.2) is 17.0 Å². The van der Waals surface area contributed by atoms with E-state index in [0.29, 0.717) is 17.5 Å². The van der Waals surface area contributed by atoms with Gasteiger partial charge in [-0.25, -0.2) is 12.8 Å². The van der Waals surface area contributed by atoms with Crippen molar-refractivity contribution in [1.29, 1.82) is 0 Å². The molecule has 0 aliphatic heterocycles. The molecule has 0 bridgehead atoms. The van der Waals surface area contributed by atoms with Gasteiger partial charge in [-0.1, -0.05) is 19.1 Å². The van der Waals surface area contributed by atoms with Crippen molar-refractivity contribution < 1.29 is 12.8 Å².